The largest absolute Gasteiger partial charge is 0.493 e. The summed E-state index contributed by atoms with van der Waals surface area (Å²) in [5, 5.41) is 2.77. The van der Waals surface area contributed by atoms with E-state index in [2.05, 4.69) is 22.4 Å². The van der Waals surface area contributed by atoms with Gasteiger partial charge in [-0.1, -0.05) is 30.3 Å². The van der Waals surface area contributed by atoms with Crippen molar-refractivity contribution in [3.05, 3.63) is 84.1 Å². The third-order valence-electron chi connectivity index (χ3n) is 3.59. The fourth-order valence-corrected chi connectivity index (χ4v) is 3.13. The highest BCUT2D eigenvalue weighted by atomic mass is 32.2. The predicted molar refractivity (Wildman–Crippen MR) is 101 cm³/mol. The van der Waals surface area contributed by atoms with Gasteiger partial charge in [0.05, 0.1) is 7.11 Å². The zero-order valence-corrected chi connectivity index (χ0v) is 14.6. The summed E-state index contributed by atoms with van der Waals surface area (Å²) in [6.45, 7) is 0. The number of nitrogens with zero attached hydrogens (tertiary/aromatic N) is 1. The summed E-state index contributed by atoms with van der Waals surface area (Å²) < 4.78 is 5.19. The van der Waals surface area contributed by atoms with E-state index in [1.54, 1.807) is 37.2 Å². The number of amides is 1. The van der Waals surface area contributed by atoms with Crippen molar-refractivity contribution in [3.63, 3.8) is 0 Å². The van der Waals surface area contributed by atoms with Crippen LogP contribution in [0.15, 0.2) is 77.8 Å². The summed E-state index contributed by atoms with van der Waals surface area (Å²) in [6, 6.07) is 21.4. The molecule has 1 aromatic heterocycles. The monoisotopic (exact) mass is 350 g/mol. The Labute approximate surface area is 151 Å². The smallest absolute Gasteiger partial charge is 0.256 e. The van der Waals surface area contributed by atoms with Crippen LogP contribution in [0.5, 0.6) is 5.75 Å². The summed E-state index contributed by atoms with van der Waals surface area (Å²) in [5.41, 5.74) is 1.85. The molecule has 5 heteroatoms. The van der Waals surface area contributed by atoms with Gasteiger partial charge in [-0.25, -0.2) is 4.98 Å². The van der Waals surface area contributed by atoms with Crippen molar-refractivity contribution < 1.29 is 9.53 Å². The third kappa shape index (κ3) is 4.61. The highest BCUT2D eigenvalue weighted by Gasteiger charge is 2.10. The number of hydrogen-bond donors (Lipinski definition) is 1. The van der Waals surface area contributed by atoms with Gasteiger partial charge >= 0.3 is 0 Å². The van der Waals surface area contributed by atoms with E-state index in [-0.39, 0.29) is 5.91 Å². The number of benzene rings is 2. The first-order chi connectivity index (χ1) is 12.3. The van der Waals surface area contributed by atoms with Gasteiger partial charge in [-0.2, -0.15) is 0 Å². The van der Waals surface area contributed by atoms with E-state index >= 15 is 0 Å². The number of carbonyl (C=O) groups is 1. The van der Waals surface area contributed by atoms with Crippen molar-refractivity contribution >= 4 is 23.5 Å². The van der Waals surface area contributed by atoms with Crippen LogP contribution in [0, 0.1) is 0 Å². The molecule has 0 aliphatic rings. The van der Waals surface area contributed by atoms with Crippen LogP contribution in [0.3, 0.4) is 0 Å². The molecule has 2 aromatic carbocycles. The molecule has 3 rings (SSSR count). The molecule has 0 fully saturated rings. The number of rotatable bonds is 6. The second-order valence-electron chi connectivity index (χ2n) is 5.31. The Morgan fingerprint density at radius 2 is 1.80 bits per heavy atom. The molecule has 1 amide bonds. The number of hydrogen-bond acceptors (Lipinski definition) is 4. The first-order valence-corrected chi connectivity index (χ1v) is 8.82. The molecule has 0 spiro atoms. The van der Waals surface area contributed by atoms with Crippen molar-refractivity contribution in [2.45, 2.75) is 10.6 Å². The van der Waals surface area contributed by atoms with E-state index in [0.29, 0.717) is 17.1 Å². The Morgan fingerprint density at radius 1 is 1.04 bits per heavy atom. The van der Waals surface area contributed by atoms with Crippen LogP contribution < -0.4 is 10.1 Å². The van der Waals surface area contributed by atoms with Crippen LogP contribution in [0.1, 0.15) is 15.9 Å². The number of ether oxygens (including phenoxy) is 1. The first-order valence-electron chi connectivity index (χ1n) is 7.83. The molecular formula is C20H18N2O2S. The fourth-order valence-electron chi connectivity index (χ4n) is 2.27. The predicted octanol–water partition coefficient (Wildman–Crippen LogP) is 4.63. The molecule has 0 aliphatic heterocycles. The van der Waals surface area contributed by atoms with Crippen molar-refractivity contribution in [2.75, 3.05) is 12.4 Å². The minimum Gasteiger partial charge on any atom is -0.493 e. The summed E-state index contributed by atoms with van der Waals surface area (Å²) in [5.74, 6) is 1.64. The van der Waals surface area contributed by atoms with Crippen LogP contribution in [-0.4, -0.2) is 18.0 Å². The lowest BCUT2D eigenvalue weighted by Gasteiger charge is -2.09. The van der Waals surface area contributed by atoms with Gasteiger partial charge in [0.2, 0.25) is 0 Å². The second kappa shape index (κ2) is 8.35. The van der Waals surface area contributed by atoms with Gasteiger partial charge in [0.1, 0.15) is 0 Å². The van der Waals surface area contributed by atoms with Gasteiger partial charge in [-0.15, -0.1) is 11.8 Å². The lowest BCUT2D eigenvalue weighted by atomic mass is 10.2. The Kier molecular flexibility index (Phi) is 5.69. The normalized spacial score (nSPS) is 10.3. The summed E-state index contributed by atoms with van der Waals surface area (Å²) in [7, 11) is 1.55. The zero-order chi connectivity index (χ0) is 17.5. The van der Waals surface area contributed by atoms with E-state index < -0.39 is 0 Å². The topological polar surface area (TPSA) is 51.2 Å². The van der Waals surface area contributed by atoms with Crippen molar-refractivity contribution in [2.24, 2.45) is 0 Å². The SMILES string of the molecule is COc1cccnc1NC(=O)c1ccc(SCc2ccccc2)cc1. The lowest BCUT2D eigenvalue weighted by Crippen LogP contribution is -2.13. The molecule has 0 bridgehead atoms. The molecular weight excluding hydrogens is 332 g/mol. The number of anilines is 1. The average Bonchev–Trinajstić information content (AvgIpc) is 2.68. The molecule has 3 aromatic rings. The molecule has 0 saturated carbocycles. The number of thioether (sulfide) groups is 1. The Hall–Kier alpha value is -2.79. The summed E-state index contributed by atoms with van der Waals surface area (Å²) in [6.07, 6.45) is 1.61. The number of pyridine rings is 1. The molecule has 1 heterocycles. The van der Waals surface area contributed by atoms with E-state index in [4.69, 9.17) is 4.74 Å². The molecule has 0 aliphatic carbocycles. The van der Waals surface area contributed by atoms with E-state index in [0.717, 1.165) is 10.6 Å². The summed E-state index contributed by atoms with van der Waals surface area (Å²) in [4.78, 5) is 17.6. The Morgan fingerprint density at radius 3 is 2.52 bits per heavy atom. The van der Waals surface area contributed by atoms with Crippen molar-refractivity contribution in [3.8, 4) is 5.75 Å². The Balaban J connectivity index is 1.62. The van der Waals surface area contributed by atoms with Crippen molar-refractivity contribution in [1.29, 1.82) is 0 Å². The van der Waals surface area contributed by atoms with Crippen LogP contribution in [0.25, 0.3) is 0 Å². The van der Waals surface area contributed by atoms with Gasteiger partial charge in [0.25, 0.3) is 5.91 Å². The fraction of sp³-hybridized carbons (Fsp3) is 0.100. The Bertz CT molecular complexity index is 836. The van der Waals surface area contributed by atoms with Crippen LogP contribution in [0.2, 0.25) is 0 Å². The van der Waals surface area contributed by atoms with Gasteiger partial charge < -0.3 is 10.1 Å². The summed E-state index contributed by atoms with van der Waals surface area (Å²) >= 11 is 1.74. The number of carbonyl (C=O) groups excluding carboxylic acids is 1. The highest BCUT2D eigenvalue weighted by molar-refractivity contribution is 7.98. The van der Waals surface area contributed by atoms with E-state index in [1.807, 2.05) is 42.5 Å². The van der Waals surface area contributed by atoms with Crippen molar-refractivity contribution in [1.82, 2.24) is 4.98 Å². The standard InChI is InChI=1S/C20H18N2O2S/c1-24-18-8-5-13-21-19(18)22-20(23)16-9-11-17(12-10-16)25-14-15-6-3-2-4-7-15/h2-13H,14H2,1H3,(H,21,22,23). The number of methoxy groups -OCH3 is 1. The minimum absolute atomic E-state index is 0.211. The number of aromatic nitrogens is 1. The highest BCUT2D eigenvalue weighted by Crippen LogP contribution is 2.24. The van der Waals surface area contributed by atoms with Gasteiger partial charge in [0, 0.05) is 22.4 Å². The van der Waals surface area contributed by atoms with Gasteiger partial charge in [-0.3, -0.25) is 4.79 Å². The quantitative estimate of drug-likeness (QED) is 0.658. The van der Waals surface area contributed by atoms with Gasteiger partial charge in [0.15, 0.2) is 11.6 Å². The molecule has 4 nitrogen and oxygen atoms in total. The lowest BCUT2D eigenvalue weighted by molar-refractivity contribution is 0.102. The van der Waals surface area contributed by atoms with E-state index in [1.165, 1.54) is 5.56 Å². The molecule has 0 atom stereocenters. The maximum absolute atomic E-state index is 12.4. The first kappa shape index (κ1) is 17.0. The van der Waals surface area contributed by atoms with Crippen LogP contribution >= 0.6 is 11.8 Å². The molecule has 0 saturated heterocycles. The maximum Gasteiger partial charge on any atom is 0.256 e. The molecule has 126 valence electrons. The maximum atomic E-state index is 12.4. The van der Waals surface area contributed by atoms with Gasteiger partial charge in [-0.05, 0) is 42.0 Å². The molecule has 25 heavy (non-hydrogen) atoms. The number of nitrogens with one attached hydrogen (secondary N) is 1. The minimum atomic E-state index is -0.211. The second-order valence-corrected chi connectivity index (χ2v) is 6.36. The zero-order valence-electron chi connectivity index (χ0n) is 13.8. The molecule has 0 unspecified atom stereocenters. The molecule has 1 N–H and O–H groups in total. The van der Waals surface area contributed by atoms with Crippen LogP contribution in [0.4, 0.5) is 5.82 Å². The molecule has 0 radical (unpaired) electrons. The van der Waals surface area contributed by atoms with Crippen LogP contribution in [-0.2, 0) is 5.75 Å². The average molecular weight is 350 g/mol. The third-order valence-corrected chi connectivity index (χ3v) is 4.67. The van der Waals surface area contributed by atoms with E-state index in [9.17, 15) is 4.79 Å².